The van der Waals surface area contributed by atoms with E-state index in [1.807, 2.05) is 0 Å². The minimum absolute atomic E-state index is 0.103. The number of aliphatic hydroxyl groups is 1. The Morgan fingerprint density at radius 3 is 0.835 bits per heavy atom. The number of phosphoric ester groups is 2. The van der Waals surface area contributed by atoms with Gasteiger partial charge in [0, 0.05) is 25.7 Å². The number of esters is 4. The van der Waals surface area contributed by atoms with Crippen molar-refractivity contribution in [3.8, 4) is 0 Å². The van der Waals surface area contributed by atoms with Crippen LogP contribution in [0.3, 0.4) is 0 Å². The summed E-state index contributed by atoms with van der Waals surface area (Å²) >= 11 is 0. The Morgan fingerprint density at radius 2 is 0.565 bits per heavy atom. The molecule has 0 bridgehead atoms. The number of carbonyl (C=O) groups is 4. The molecule has 17 nitrogen and oxygen atoms in total. The number of hydrogen-bond donors (Lipinski definition) is 3. The van der Waals surface area contributed by atoms with E-state index < -0.39 is 97.5 Å². The molecule has 0 fully saturated rings. The van der Waals surface area contributed by atoms with Crippen molar-refractivity contribution in [3.05, 3.63) is 0 Å². The van der Waals surface area contributed by atoms with Gasteiger partial charge in [0.15, 0.2) is 12.2 Å². The Labute approximate surface area is 517 Å². The maximum absolute atomic E-state index is 13.0. The smallest absolute Gasteiger partial charge is 0.462 e. The number of aliphatic hydroxyl groups excluding tert-OH is 1. The van der Waals surface area contributed by atoms with E-state index in [0.717, 1.165) is 114 Å². The molecule has 0 aromatic heterocycles. The van der Waals surface area contributed by atoms with Crippen molar-refractivity contribution in [1.82, 2.24) is 0 Å². The van der Waals surface area contributed by atoms with Crippen molar-refractivity contribution in [2.75, 3.05) is 39.6 Å². The number of unbranched alkanes of at least 4 members (excludes halogenated alkanes) is 27. The predicted molar refractivity (Wildman–Crippen MR) is 340 cm³/mol. The van der Waals surface area contributed by atoms with Gasteiger partial charge in [0.2, 0.25) is 0 Å². The normalized spacial score (nSPS) is 15.0. The van der Waals surface area contributed by atoms with Gasteiger partial charge in [-0.15, -0.1) is 0 Å². The second-order valence-electron chi connectivity index (χ2n) is 25.3. The Balaban J connectivity index is 5.27. The molecule has 0 heterocycles. The Bertz CT molecular complexity index is 1700. The van der Waals surface area contributed by atoms with Crippen LogP contribution in [0.1, 0.15) is 319 Å². The molecule has 0 aliphatic rings. The van der Waals surface area contributed by atoms with E-state index in [0.29, 0.717) is 31.6 Å². The molecule has 0 aromatic rings. The van der Waals surface area contributed by atoms with Crippen molar-refractivity contribution in [1.29, 1.82) is 0 Å². The summed E-state index contributed by atoms with van der Waals surface area (Å²) in [4.78, 5) is 72.3. The lowest BCUT2D eigenvalue weighted by atomic mass is 9.99. The fourth-order valence-electron chi connectivity index (χ4n) is 9.72. The van der Waals surface area contributed by atoms with Gasteiger partial charge in [-0.2, -0.15) is 0 Å². The van der Waals surface area contributed by atoms with Gasteiger partial charge in [-0.3, -0.25) is 37.3 Å². The molecule has 19 heteroatoms. The summed E-state index contributed by atoms with van der Waals surface area (Å²) in [5.41, 5.74) is 0. The maximum Gasteiger partial charge on any atom is 0.472 e. The monoisotopic (exact) mass is 1250 g/mol. The molecule has 0 aromatic carbocycles. The van der Waals surface area contributed by atoms with Crippen LogP contribution >= 0.6 is 15.6 Å². The summed E-state index contributed by atoms with van der Waals surface area (Å²) in [6, 6.07) is 0. The van der Waals surface area contributed by atoms with Gasteiger partial charge < -0.3 is 33.8 Å². The SMILES string of the molecule is CCC(C)CCCCCCCCCCC(=O)O[C@H](COC(=O)CCCCCCCCCCC(C)C)COP(=O)(O)OCC(O)COP(=O)(O)OC[C@@H](COC(=O)CCCCCCCCCC(C)C)OC(=O)CCCCCCCCCCC(C)CC. The van der Waals surface area contributed by atoms with Gasteiger partial charge in [-0.1, -0.05) is 267 Å². The maximum atomic E-state index is 13.0. The average molecular weight is 1260 g/mol. The Morgan fingerprint density at radius 1 is 0.329 bits per heavy atom. The van der Waals surface area contributed by atoms with E-state index in [-0.39, 0.29) is 25.7 Å². The van der Waals surface area contributed by atoms with Crippen molar-refractivity contribution >= 4 is 39.5 Å². The molecule has 3 N–H and O–H groups in total. The number of ether oxygens (including phenoxy) is 4. The van der Waals surface area contributed by atoms with E-state index >= 15 is 0 Å². The summed E-state index contributed by atoms with van der Waals surface area (Å²) in [6.07, 6.45) is 36.2. The van der Waals surface area contributed by atoms with Crippen LogP contribution in [0.5, 0.6) is 0 Å². The molecule has 0 saturated heterocycles. The highest BCUT2D eigenvalue weighted by Crippen LogP contribution is 2.45. The van der Waals surface area contributed by atoms with Crippen LogP contribution in [0, 0.1) is 23.7 Å². The molecular formula is C66H128O17P2. The van der Waals surface area contributed by atoms with Crippen LogP contribution in [0.15, 0.2) is 0 Å². The second-order valence-corrected chi connectivity index (χ2v) is 28.2. The topological polar surface area (TPSA) is 237 Å². The lowest BCUT2D eigenvalue weighted by Gasteiger charge is -2.21. The quantitative estimate of drug-likeness (QED) is 0.0222. The number of rotatable bonds is 63. The lowest BCUT2D eigenvalue weighted by molar-refractivity contribution is -0.161. The Kier molecular flexibility index (Phi) is 54.8. The van der Waals surface area contributed by atoms with Crippen LogP contribution in [0.2, 0.25) is 0 Å². The van der Waals surface area contributed by atoms with Gasteiger partial charge in [0.05, 0.1) is 26.4 Å². The van der Waals surface area contributed by atoms with Gasteiger partial charge in [0.25, 0.3) is 0 Å². The van der Waals surface area contributed by atoms with Crippen LogP contribution in [-0.2, 0) is 65.4 Å². The van der Waals surface area contributed by atoms with E-state index in [1.54, 1.807) is 0 Å². The van der Waals surface area contributed by atoms with E-state index in [9.17, 15) is 43.2 Å². The number of phosphoric acid groups is 2. The predicted octanol–water partition coefficient (Wildman–Crippen LogP) is 18.1. The minimum Gasteiger partial charge on any atom is -0.462 e. The lowest BCUT2D eigenvalue weighted by Crippen LogP contribution is -2.30. The molecule has 7 atom stereocenters. The molecule has 5 unspecified atom stereocenters. The van der Waals surface area contributed by atoms with Crippen LogP contribution < -0.4 is 0 Å². The molecule has 0 amide bonds. The first-order valence-electron chi connectivity index (χ1n) is 34.3. The zero-order valence-electron chi connectivity index (χ0n) is 55.2. The fraction of sp³-hybridized carbons (Fsp3) is 0.939. The molecule has 0 spiro atoms. The highest BCUT2D eigenvalue weighted by molar-refractivity contribution is 7.47. The number of carbonyl (C=O) groups excluding carboxylic acids is 4. The van der Waals surface area contributed by atoms with Crippen molar-refractivity contribution in [2.24, 2.45) is 23.7 Å². The molecule has 0 aliphatic heterocycles. The largest absolute Gasteiger partial charge is 0.472 e. The molecule has 85 heavy (non-hydrogen) atoms. The van der Waals surface area contributed by atoms with Crippen molar-refractivity contribution in [3.63, 3.8) is 0 Å². The first-order valence-corrected chi connectivity index (χ1v) is 37.3. The summed E-state index contributed by atoms with van der Waals surface area (Å²) < 4.78 is 68.1. The summed E-state index contributed by atoms with van der Waals surface area (Å²) in [6.45, 7) is 14.0. The van der Waals surface area contributed by atoms with E-state index in [4.69, 9.17) is 37.0 Å². The summed E-state index contributed by atoms with van der Waals surface area (Å²) in [5, 5.41) is 10.6. The average Bonchev–Trinajstić information content (AvgIpc) is 3.55. The third-order valence-electron chi connectivity index (χ3n) is 15.8. The highest BCUT2D eigenvalue weighted by atomic mass is 31.2. The summed E-state index contributed by atoms with van der Waals surface area (Å²) in [7, 11) is -9.89. The first kappa shape index (κ1) is 83.1. The van der Waals surface area contributed by atoms with Crippen LogP contribution in [-0.4, -0.2) is 96.7 Å². The molecule has 0 radical (unpaired) electrons. The van der Waals surface area contributed by atoms with Crippen LogP contribution in [0.4, 0.5) is 0 Å². The number of hydrogen-bond acceptors (Lipinski definition) is 15. The van der Waals surface area contributed by atoms with Gasteiger partial charge in [-0.05, 0) is 49.4 Å². The second kappa shape index (κ2) is 56.1. The first-order chi connectivity index (χ1) is 40.7. The molecule has 504 valence electrons. The molecule has 0 saturated carbocycles. The zero-order chi connectivity index (χ0) is 63.2. The standard InChI is InChI=1S/C66H128O17P2/c1-9-58(7)44-36-28-20-12-15-23-32-40-48-65(70)82-61(52-76-63(68)46-38-30-22-14-11-18-26-34-42-56(3)4)54-80-84(72,73)78-50-60(67)51-79-85(74,75)81-55-62(53-77-64(69)47-39-31-25-17-19-27-35-43-57(5)6)83-66(71)49-41-33-24-16-13-21-29-37-45-59(8)10-2/h56-62,67H,9-55H2,1-8H3,(H,72,73)(H,74,75)/t58?,59?,60?,61-,62-/m1/s1. The molecule has 0 aliphatic carbocycles. The van der Waals surface area contributed by atoms with E-state index in [2.05, 4.69) is 55.4 Å². The molecule has 0 rings (SSSR count). The fourth-order valence-corrected chi connectivity index (χ4v) is 11.3. The van der Waals surface area contributed by atoms with Crippen molar-refractivity contribution < 1.29 is 80.2 Å². The van der Waals surface area contributed by atoms with Gasteiger partial charge in [-0.25, -0.2) is 9.13 Å². The summed E-state index contributed by atoms with van der Waals surface area (Å²) in [5.74, 6) is 0.832. The Hall–Kier alpha value is -1.94. The highest BCUT2D eigenvalue weighted by Gasteiger charge is 2.30. The van der Waals surface area contributed by atoms with Crippen molar-refractivity contribution in [2.45, 2.75) is 337 Å². The van der Waals surface area contributed by atoms with Crippen LogP contribution in [0.25, 0.3) is 0 Å². The zero-order valence-corrected chi connectivity index (χ0v) is 57.0. The molecular weight excluding hydrogens is 1130 g/mol. The third kappa shape index (κ3) is 58.2. The third-order valence-corrected chi connectivity index (χ3v) is 17.7. The van der Waals surface area contributed by atoms with Gasteiger partial charge >= 0.3 is 39.5 Å². The van der Waals surface area contributed by atoms with Gasteiger partial charge in [0.1, 0.15) is 19.3 Å². The van der Waals surface area contributed by atoms with E-state index in [1.165, 1.54) is 116 Å². The minimum atomic E-state index is -4.95.